The molecular weight excluding hydrogens is 399 g/mol. The molecule has 0 aliphatic rings. The van der Waals surface area contributed by atoms with Crippen molar-refractivity contribution in [1.82, 2.24) is 5.32 Å². The summed E-state index contributed by atoms with van der Waals surface area (Å²) in [6.45, 7) is 2.69. The first-order valence-electron chi connectivity index (χ1n) is 8.18. The molecule has 1 aromatic heterocycles. The molecule has 0 saturated heterocycles. The molecule has 0 saturated carbocycles. The van der Waals surface area contributed by atoms with E-state index >= 15 is 0 Å². The average molecular weight is 417 g/mol. The van der Waals surface area contributed by atoms with E-state index in [-0.39, 0.29) is 23.0 Å². The lowest BCUT2D eigenvalue weighted by atomic mass is 10.1. The summed E-state index contributed by atoms with van der Waals surface area (Å²) in [4.78, 5) is 27.5. The molecule has 6 nitrogen and oxygen atoms in total. The van der Waals surface area contributed by atoms with Crippen LogP contribution in [0.1, 0.15) is 22.8 Å². The highest BCUT2D eigenvalue weighted by atomic mass is 35.5. The number of ether oxygens (including phenoxy) is 1. The Balaban J connectivity index is 2.54. The molecule has 1 aromatic carbocycles. The van der Waals surface area contributed by atoms with Crippen LogP contribution in [0.25, 0.3) is 0 Å². The van der Waals surface area contributed by atoms with Crippen LogP contribution in [0.15, 0.2) is 42.6 Å². The van der Waals surface area contributed by atoms with Gasteiger partial charge in [0, 0.05) is 6.07 Å². The number of esters is 1. The van der Waals surface area contributed by atoms with Crippen molar-refractivity contribution in [3.63, 3.8) is 0 Å². The monoisotopic (exact) mass is 416 g/mol. The normalized spacial score (nSPS) is 13.4. The number of aromatic amines is 1. The van der Waals surface area contributed by atoms with E-state index in [0.29, 0.717) is 5.56 Å². The van der Waals surface area contributed by atoms with Crippen molar-refractivity contribution in [3.8, 4) is 0 Å². The van der Waals surface area contributed by atoms with Crippen LogP contribution in [0, 0.1) is 6.92 Å². The number of amides is 1. The number of hydrogen-bond donors (Lipinski definition) is 2. The molecular formula is C18H18ClF3N3O3+. The summed E-state index contributed by atoms with van der Waals surface area (Å²) in [5.41, 5.74) is -3.14. The second kappa shape index (κ2) is 8.47. The van der Waals surface area contributed by atoms with Crippen molar-refractivity contribution >= 4 is 29.3 Å². The molecule has 0 unspecified atom stereocenters. The van der Waals surface area contributed by atoms with Gasteiger partial charge < -0.3 is 4.74 Å². The minimum atomic E-state index is -5.24. The quantitative estimate of drug-likeness (QED) is 0.560. The fourth-order valence-electron chi connectivity index (χ4n) is 2.37. The number of carbonyl (C=O) groups excluding carboxylic acids is 2. The molecule has 0 fully saturated rings. The maximum absolute atomic E-state index is 14.1. The summed E-state index contributed by atoms with van der Waals surface area (Å²) in [6, 6.07) is 8.50. The van der Waals surface area contributed by atoms with E-state index in [9.17, 15) is 22.8 Å². The minimum absolute atomic E-state index is 0.0675. The van der Waals surface area contributed by atoms with Crippen LogP contribution < -0.4 is 15.6 Å². The van der Waals surface area contributed by atoms with Gasteiger partial charge in [-0.15, -0.1) is 0 Å². The van der Waals surface area contributed by atoms with Crippen molar-refractivity contribution in [2.45, 2.75) is 25.7 Å². The van der Waals surface area contributed by atoms with Crippen LogP contribution in [0.2, 0.25) is 5.02 Å². The number of alkyl halides is 3. The minimum Gasteiger partial charge on any atom is -0.461 e. The summed E-state index contributed by atoms with van der Waals surface area (Å²) >= 11 is 5.90. The van der Waals surface area contributed by atoms with Gasteiger partial charge in [-0.2, -0.15) is 13.2 Å². The molecule has 3 N–H and O–H groups in total. The standard InChI is InChI=1S/C18H17ClF3N3O3/c1-3-28-16(27)17(18(20,21)22,24-14-10-11(2)8-9-23-14)25-15(26)12-6-4-5-7-13(12)19/h4-10H,3H2,1-2H3,(H,23,24)(H,25,26)/p+1/t17-/m0/s1. The number of halogens is 4. The lowest BCUT2D eigenvalue weighted by Gasteiger charge is -2.30. The van der Waals surface area contributed by atoms with Gasteiger partial charge in [0.2, 0.25) is 0 Å². The summed E-state index contributed by atoms with van der Waals surface area (Å²) in [6.07, 6.45) is -3.85. The van der Waals surface area contributed by atoms with Crippen LogP contribution in [-0.2, 0) is 9.53 Å². The van der Waals surface area contributed by atoms with Crippen LogP contribution in [0.3, 0.4) is 0 Å². The van der Waals surface area contributed by atoms with Gasteiger partial charge in [0.05, 0.1) is 23.4 Å². The molecule has 0 aliphatic heterocycles. The first-order valence-corrected chi connectivity index (χ1v) is 8.56. The molecule has 0 spiro atoms. The molecule has 1 heterocycles. The highest BCUT2D eigenvalue weighted by Crippen LogP contribution is 2.33. The predicted octanol–water partition coefficient (Wildman–Crippen LogP) is 3.13. The van der Waals surface area contributed by atoms with E-state index in [1.54, 1.807) is 18.3 Å². The number of anilines is 1. The van der Waals surface area contributed by atoms with Gasteiger partial charge in [-0.05, 0) is 37.6 Å². The zero-order valence-corrected chi connectivity index (χ0v) is 15.7. The Morgan fingerprint density at radius 2 is 1.89 bits per heavy atom. The first kappa shape index (κ1) is 21.5. The Morgan fingerprint density at radius 1 is 1.21 bits per heavy atom. The molecule has 10 heteroatoms. The number of nitrogens with one attached hydrogen (secondary N) is 3. The zero-order valence-electron chi connectivity index (χ0n) is 15.0. The van der Waals surface area contributed by atoms with Crippen LogP contribution >= 0.6 is 11.6 Å². The largest absolute Gasteiger partial charge is 0.464 e. The summed E-state index contributed by atoms with van der Waals surface area (Å²) in [5, 5.41) is 3.71. The lowest BCUT2D eigenvalue weighted by Crippen LogP contribution is -2.69. The van der Waals surface area contributed by atoms with Crippen LogP contribution in [0.4, 0.5) is 19.0 Å². The first-order chi connectivity index (χ1) is 13.1. The van der Waals surface area contributed by atoms with Crippen molar-refractivity contribution in [2.75, 3.05) is 11.9 Å². The summed E-state index contributed by atoms with van der Waals surface area (Å²) in [5.74, 6) is -3.06. The van der Waals surface area contributed by atoms with E-state index in [1.807, 2.05) is 5.32 Å². The summed E-state index contributed by atoms with van der Waals surface area (Å²) < 4.78 is 46.9. The molecule has 2 rings (SSSR count). The third-order valence-corrected chi connectivity index (χ3v) is 4.04. The van der Waals surface area contributed by atoms with E-state index in [2.05, 4.69) is 9.72 Å². The Labute approximate surface area is 164 Å². The Kier molecular flexibility index (Phi) is 6.50. The topological polar surface area (TPSA) is 81.6 Å². The highest BCUT2D eigenvalue weighted by molar-refractivity contribution is 6.33. The van der Waals surface area contributed by atoms with Gasteiger partial charge in [-0.25, -0.2) is 15.1 Å². The molecule has 0 bridgehead atoms. The SMILES string of the molecule is CCOC(=O)[C@@](NC(=O)c1ccccc1Cl)(Nc1cc(C)cc[nH+]1)C(F)(F)F. The molecule has 0 aliphatic carbocycles. The Bertz CT molecular complexity index is 876. The number of H-pyrrole nitrogens is 1. The van der Waals surface area contributed by atoms with Gasteiger partial charge >= 0.3 is 17.8 Å². The number of aromatic nitrogens is 1. The van der Waals surface area contributed by atoms with E-state index in [4.69, 9.17) is 11.6 Å². The van der Waals surface area contributed by atoms with Gasteiger partial charge in [-0.1, -0.05) is 23.7 Å². The second-order valence-corrected chi connectivity index (χ2v) is 6.21. The molecule has 28 heavy (non-hydrogen) atoms. The smallest absolute Gasteiger partial charge is 0.461 e. The fourth-order valence-corrected chi connectivity index (χ4v) is 2.59. The van der Waals surface area contributed by atoms with Crippen LogP contribution in [-0.4, -0.2) is 30.3 Å². The lowest BCUT2D eigenvalue weighted by molar-refractivity contribution is -0.363. The van der Waals surface area contributed by atoms with Crippen molar-refractivity contribution in [2.24, 2.45) is 0 Å². The maximum atomic E-state index is 14.1. The molecule has 1 amide bonds. The fraction of sp³-hybridized carbons (Fsp3) is 0.278. The van der Waals surface area contributed by atoms with Gasteiger partial charge in [0.1, 0.15) is 0 Å². The van der Waals surface area contributed by atoms with Crippen molar-refractivity contribution < 1.29 is 32.5 Å². The average Bonchev–Trinajstić information content (AvgIpc) is 2.60. The summed E-state index contributed by atoms with van der Waals surface area (Å²) in [7, 11) is 0. The third kappa shape index (κ3) is 4.53. The van der Waals surface area contributed by atoms with E-state index in [1.165, 1.54) is 43.5 Å². The second-order valence-electron chi connectivity index (χ2n) is 5.81. The molecule has 2 aromatic rings. The predicted molar refractivity (Wildman–Crippen MR) is 95.7 cm³/mol. The number of rotatable bonds is 6. The third-order valence-electron chi connectivity index (χ3n) is 3.71. The number of pyridine rings is 1. The molecule has 1 atom stereocenters. The molecule has 0 radical (unpaired) electrons. The number of aryl methyl sites for hydroxylation is 1. The maximum Gasteiger partial charge on any atom is 0.464 e. The van der Waals surface area contributed by atoms with E-state index in [0.717, 1.165) is 0 Å². The number of hydrogen-bond acceptors (Lipinski definition) is 4. The van der Waals surface area contributed by atoms with Crippen molar-refractivity contribution in [3.05, 3.63) is 58.7 Å². The number of benzene rings is 1. The Hall–Kier alpha value is -2.81. The Morgan fingerprint density at radius 3 is 2.46 bits per heavy atom. The highest BCUT2D eigenvalue weighted by Gasteiger charge is 2.68. The van der Waals surface area contributed by atoms with Gasteiger partial charge in [0.15, 0.2) is 0 Å². The van der Waals surface area contributed by atoms with Crippen LogP contribution in [0.5, 0.6) is 0 Å². The molecule has 150 valence electrons. The van der Waals surface area contributed by atoms with Gasteiger partial charge in [-0.3, -0.25) is 10.1 Å². The van der Waals surface area contributed by atoms with E-state index < -0.39 is 23.7 Å². The number of carbonyl (C=O) groups is 2. The van der Waals surface area contributed by atoms with Gasteiger partial charge in [0.25, 0.3) is 11.7 Å². The zero-order chi connectivity index (χ0) is 20.9. The van der Waals surface area contributed by atoms with Crippen molar-refractivity contribution in [1.29, 1.82) is 0 Å².